The number of sulfonamides is 1. The van der Waals surface area contributed by atoms with Crippen molar-refractivity contribution in [3.05, 3.63) is 24.0 Å². The Morgan fingerprint density at radius 1 is 1.32 bits per heavy atom. The van der Waals surface area contributed by atoms with Gasteiger partial charge in [-0.1, -0.05) is 0 Å². The van der Waals surface area contributed by atoms with Gasteiger partial charge in [0.2, 0.25) is 10.0 Å². The van der Waals surface area contributed by atoms with Crippen LogP contribution in [0.15, 0.2) is 23.1 Å². The predicted molar refractivity (Wildman–Crippen MR) is 68.7 cm³/mol. The molecule has 19 heavy (non-hydrogen) atoms. The lowest BCUT2D eigenvalue weighted by Gasteiger charge is -2.08. The summed E-state index contributed by atoms with van der Waals surface area (Å²) in [5, 5.41) is 0. The summed E-state index contributed by atoms with van der Waals surface area (Å²) in [4.78, 5) is -0.170. The molecule has 8 heteroatoms. The minimum absolute atomic E-state index is 0.0953. The van der Waals surface area contributed by atoms with E-state index in [4.69, 9.17) is 15.2 Å². The SMILES string of the molecule is COCCOCCNS(=O)(=O)c1ccc(N)c(F)c1. The van der Waals surface area contributed by atoms with E-state index in [-0.39, 0.29) is 23.7 Å². The van der Waals surface area contributed by atoms with Crippen LogP contribution in [0.5, 0.6) is 0 Å². The van der Waals surface area contributed by atoms with E-state index in [1.165, 1.54) is 12.1 Å². The Kier molecular flexibility index (Phi) is 6.16. The van der Waals surface area contributed by atoms with Crippen LogP contribution in [0.25, 0.3) is 0 Å². The molecule has 3 N–H and O–H groups in total. The number of hydrogen-bond donors (Lipinski definition) is 2. The number of nitrogens with one attached hydrogen (secondary N) is 1. The molecule has 0 heterocycles. The standard InChI is InChI=1S/C11H17FN2O4S/c1-17-6-7-18-5-4-14-19(15,16)9-2-3-11(13)10(12)8-9/h2-3,8,14H,4-7,13H2,1H3. The molecule has 0 atom stereocenters. The molecule has 0 saturated carbocycles. The van der Waals surface area contributed by atoms with Gasteiger partial charge < -0.3 is 15.2 Å². The molecule has 0 unspecified atom stereocenters. The molecular weight excluding hydrogens is 275 g/mol. The van der Waals surface area contributed by atoms with E-state index >= 15 is 0 Å². The summed E-state index contributed by atoms with van der Waals surface area (Å²) in [7, 11) is -2.21. The fraction of sp³-hybridized carbons (Fsp3) is 0.455. The molecule has 6 nitrogen and oxygen atoms in total. The van der Waals surface area contributed by atoms with Crippen LogP contribution < -0.4 is 10.5 Å². The van der Waals surface area contributed by atoms with Gasteiger partial charge in [0.15, 0.2) is 0 Å². The first-order chi connectivity index (χ1) is 8.97. The van der Waals surface area contributed by atoms with Crippen LogP contribution in [0, 0.1) is 5.82 Å². The summed E-state index contributed by atoms with van der Waals surface area (Å²) in [6.45, 7) is 1.13. The molecule has 1 rings (SSSR count). The van der Waals surface area contributed by atoms with E-state index < -0.39 is 15.8 Å². The second kappa shape index (κ2) is 7.39. The number of nitrogens with two attached hydrogens (primary N) is 1. The molecule has 0 aromatic heterocycles. The maximum absolute atomic E-state index is 13.2. The van der Waals surface area contributed by atoms with Gasteiger partial charge in [0.25, 0.3) is 0 Å². The lowest BCUT2D eigenvalue weighted by Crippen LogP contribution is -2.28. The van der Waals surface area contributed by atoms with Gasteiger partial charge in [0.05, 0.1) is 30.4 Å². The molecule has 0 saturated heterocycles. The van der Waals surface area contributed by atoms with Crippen LogP contribution in [0.1, 0.15) is 0 Å². The zero-order chi connectivity index (χ0) is 14.3. The van der Waals surface area contributed by atoms with Crippen molar-refractivity contribution in [2.24, 2.45) is 0 Å². The van der Waals surface area contributed by atoms with Gasteiger partial charge in [-0.3, -0.25) is 0 Å². The topological polar surface area (TPSA) is 90.6 Å². The van der Waals surface area contributed by atoms with Crippen molar-refractivity contribution in [1.82, 2.24) is 4.72 Å². The molecule has 0 aliphatic carbocycles. The van der Waals surface area contributed by atoms with Crippen molar-refractivity contribution in [1.29, 1.82) is 0 Å². The first-order valence-corrected chi connectivity index (χ1v) is 7.07. The lowest BCUT2D eigenvalue weighted by atomic mass is 10.3. The number of benzene rings is 1. The Morgan fingerprint density at radius 2 is 2.05 bits per heavy atom. The maximum Gasteiger partial charge on any atom is 0.240 e. The number of hydrogen-bond acceptors (Lipinski definition) is 5. The van der Waals surface area contributed by atoms with Crippen molar-refractivity contribution in [2.45, 2.75) is 4.90 Å². The molecule has 108 valence electrons. The minimum atomic E-state index is -3.75. The van der Waals surface area contributed by atoms with Crippen LogP contribution >= 0.6 is 0 Å². The van der Waals surface area contributed by atoms with E-state index in [2.05, 4.69) is 4.72 Å². The second-order valence-electron chi connectivity index (χ2n) is 3.69. The Bertz CT molecular complexity index is 507. The van der Waals surface area contributed by atoms with E-state index in [0.29, 0.717) is 13.2 Å². The third-order valence-electron chi connectivity index (χ3n) is 2.25. The number of anilines is 1. The average Bonchev–Trinajstić information content (AvgIpc) is 2.36. The number of ether oxygens (including phenoxy) is 2. The number of methoxy groups -OCH3 is 1. The molecule has 1 aromatic carbocycles. The summed E-state index contributed by atoms with van der Waals surface area (Å²) >= 11 is 0. The van der Waals surface area contributed by atoms with Gasteiger partial charge in [0.1, 0.15) is 5.82 Å². The number of nitrogen functional groups attached to an aromatic ring is 1. The van der Waals surface area contributed by atoms with Crippen molar-refractivity contribution in [2.75, 3.05) is 39.2 Å². The second-order valence-corrected chi connectivity index (χ2v) is 5.45. The number of halogens is 1. The van der Waals surface area contributed by atoms with E-state index in [1.807, 2.05) is 0 Å². The normalized spacial score (nSPS) is 11.7. The lowest BCUT2D eigenvalue weighted by molar-refractivity contribution is 0.0736. The van der Waals surface area contributed by atoms with Crippen LogP contribution in [0.3, 0.4) is 0 Å². The first-order valence-electron chi connectivity index (χ1n) is 5.59. The highest BCUT2D eigenvalue weighted by Gasteiger charge is 2.14. The molecule has 0 aliphatic heterocycles. The zero-order valence-corrected chi connectivity index (χ0v) is 11.4. The third-order valence-corrected chi connectivity index (χ3v) is 3.71. The fourth-order valence-electron chi connectivity index (χ4n) is 1.25. The minimum Gasteiger partial charge on any atom is -0.396 e. The highest BCUT2D eigenvalue weighted by atomic mass is 32.2. The summed E-state index contributed by atoms with van der Waals surface area (Å²) in [5.74, 6) is -0.765. The van der Waals surface area contributed by atoms with Crippen LogP contribution in [-0.4, -0.2) is 41.9 Å². The van der Waals surface area contributed by atoms with Crippen LogP contribution in [-0.2, 0) is 19.5 Å². The highest BCUT2D eigenvalue weighted by molar-refractivity contribution is 7.89. The number of rotatable bonds is 8. The smallest absolute Gasteiger partial charge is 0.240 e. The molecule has 0 radical (unpaired) electrons. The van der Waals surface area contributed by atoms with Crippen molar-refractivity contribution >= 4 is 15.7 Å². The van der Waals surface area contributed by atoms with Crippen LogP contribution in [0.2, 0.25) is 0 Å². The molecule has 0 amide bonds. The van der Waals surface area contributed by atoms with Gasteiger partial charge >= 0.3 is 0 Å². The summed E-state index contributed by atoms with van der Waals surface area (Å²) in [6, 6.07) is 3.33. The maximum atomic E-state index is 13.2. The molecule has 0 aliphatic rings. The van der Waals surface area contributed by atoms with Crippen molar-refractivity contribution < 1.29 is 22.3 Å². The Morgan fingerprint density at radius 3 is 2.68 bits per heavy atom. The van der Waals surface area contributed by atoms with Crippen molar-refractivity contribution in [3.8, 4) is 0 Å². The van der Waals surface area contributed by atoms with Gasteiger partial charge in [-0.05, 0) is 18.2 Å². The summed E-state index contributed by atoms with van der Waals surface area (Å²) in [5.41, 5.74) is 5.18. The first kappa shape index (κ1) is 15.8. The van der Waals surface area contributed by atoms with Gasteiger partial charge in [-0.25, -0.2) is 17.5 Å². The predicted octanol–water partition coefficient (Wildman–Crippen LogP) is 0.349. The van der Waals surface area contributed by atoms with E-state index in [1.54, 1.807) is 7.11 Å². The molecule has 1 aromatic rings. The highest BCUT2D eigenvalue weighted by Crippen LogP contribution is 2.15. The Labute approximate surface area is 111 Å². The van der Waals surface area contributed by atoms with Gasteiger partial charge in [0, 0.05) is 13.7 Å². The van der Waals surface area contributed by atoms with E-state index in [9.17, 15) is 12.8 Å². The average molecular weight is 292 g/mol. The molecular formula is C11H17FN2O4S. The van der Waals surface area contributed by atoms with Gasteiger partial charge in [-0.15, -0.1) is 0 Å². The summed E-state index contributed by atoms with van der Waals surface area (Å²) in [6.07, 6.45) is 0. The monoisotopic (exact) mass is 292 g/mol. The molecule has 0 bridgehead atoms. The van der Waals surface area contributed by atoms with Gasteiger partial charge in [-0.2, -0.15) is 0 Å². The molecule has 0 fully saturated rings. The Balaban J connectivity index is 2.49. The zero-order valence-electron chi connectivity index (χ0n) is 10.6. The van der Waals surface area contributed by atoms with Crippen molar-refractivity contribution in [3.63, 3.8) is 0 Å². The molecule has 0 spiro atoms. The fourth-order valence-corrected chi connectivity index (χ4v) is 2.28. The summed E-state index contributed by atoms with van der Waals surface area (Å²) < 4.78 is 48.9. The largest absolute Gasteiger partial charge is 0.396 e. The van der Waals surface area contributed by atoms with E-state index in [0.717, 1.165) is 6.07 Å². The third kappa shape index (κ3) is 5.11. The Hall–Kier alpha value is -1.22. The quantitative estimate of drug-likeness (QED) is 0.533. The van der Waals surface area contributed by atoms with Crippen LogP contribution in [0.4, 0.5) is 10.1 Å².